The molecule has 1 aromatic carbocycles. The molecular weight excluding hydrogens is 255 g/mol. The zero-order valence-electron chi connectivity index (χ0n) is 10.3. The first-order valence-corrected chi connectivity index (χ1v) is 6.65. The van der Waals surface area contributed by atoms with Crippen molar-refractivity contribution >= 4 is 23.2 Å². The molecule has 0 bridgehead atoms. The summed E-state index contributed by atoms with van der Waals surface area (Å²) in [6.45, 7) is 8.33. The van der Waals surface area contributed by atoms with Crippen LogP contribution in [0, 0.1) is 0 Å². The topological polar surface area (TPSA) is 15.3 Å². The maximum Gasteiger partial charge on any atom is 0.0465 e. The smallest absolute Gasteiger partial charge is 0.0465 e. The maximum absolute atomic E-state index is 6.22. The number of piperazine rings is 1. The Morgan fingerprint density at radius 1 is 1.29 bits per heavy atom. The Balaban J connectivity index is 2.20. The second kappa shape index (κ2) is 5.15. The lowest BCUT2D eigenvalue weighted by Gasteiger charge is -2.43. The summed E-state index contributed by atoms with van der Waals surface area (Å²) in [6.07, 6.45) is 0. The molecular formula is C13H18Cl2N2. The van der Waals surface area contributed by atoms with E-state index in [-0.39, 0.29) is 5.54 Å². The molecule has 2 rings (SSSR count). The highest BCUT2D eigenvalue weighted by Gasteiger charge is 2.30. The number of rotatable bonds is 2. The summed E-state index contributed by atoms with van der Waals surface area (Å²) in [7, 11) is 0. The van der Waals surface area contributed by atoms with Gasteiger partial charge in [-0.2, -0.15) is 0 Å². The van der Waals surface area contributed by atoms with Gasteiger partial charge >= 0.3 is 0 Å². The van der Waals surface area contributed by atoms with Gasteiger partial charge in [-0.05, 0) is 26.0 Å². The Labute approximate surface area is 113 Å². The Bertz CT molecular complexity index is 384. The molecule has 0 radical (unpaired) electrons. The minimum Gasteiger partial charge on any atom is -0.314 e. The predicted octanol–water partition coefficient (Wildman–Crippen LogP) is 3.18. The Morgan fingerprint density at radius 3 is 2.53 bits per heavy atom. The van der Waals surface area contributed by atoms with Gasteiger partial charge in [0.05, 0.1) is 0 Å². The van der Waals surface area contributed by atoms with Crippen LogP contribution in [0.25, 0.3) is 0 Å². The van der Waals surface area contributed by atoms with Crippen molar-refractivity contribution in [3.05, 3.63) is 33.8 Å². The van der Waals surface area contributed by atoms with Gasteiger partial charge in [-0.15, -0.1) is 0 Å². The van der Waals surface area contributed by atoms with Crippen molar-refractivity contribution in [2.24, 2.45) is 0 Å². The van der Waals surface area contributed by atoms with E-state index in [1.165, 1.54) is 0 Å². The molecule has 1 N–H and O–H groups in total. The monoisotopic (exact) mass is 272 g/mol. The van der Waals surface area contributed by atoms with E-state index in [0.717, 1.165) is 41.8 Å². The van der Waals surface area contributed by atoms with Crippen molar-refractivity contribution in [2.75, 3.05) is 19.6 Å². The minimum atomic E-state index is 0.140. The van der Waals surface area contributed by atoms with Crippen LogP contribution in [0.3, 0.4) is 0 Å². The van der Waals surface area contributed by atoms with E-state index in [0.29, 0.717) is 0 Å². The van der Waals surface area contributed by atoms with Crippen molar-refractivity contribution < 1.29 is 0 Å². The summed E-state index contributed by atoms with van der Waals surface area (Å²) in [5.41, 5.74) is 1.17. The molecule has 0 atom stereocenters. The van der Waals surface area contributed by atoms with Crippen LogP contribution in [0.4, 0.5) is 0 Å². The van der Waals surface area contributed by atoms with E-state index in [2.05, 4.69) is 24.1 Å². The number of hydrogen-bond donors (Lipinski definition) is 1. The van der Waals surface area contributed by atoms with E-state index >= 15 is 0 Å². The van der Waals surface area contributed by atoms with Gasteiger partial charge in [-0.25, -0.2) is 0 Å². The summed E-state index contributed by atoms with van der Waals surface area (Å²) in [5, 5.41) is 4.93. The minimum absolute atomic E-state index is 0.140. The third-order valence-corrected chi connectivity index (χ3v) is 4.09. The third kappa shape index (κ3) is 2.94. The zero-order valence-corrected chi connectivity index (χ0v) is 11.8. The van der Waals surface area contributed by atoms with E-state index in [9.17, 15) is 0 Å². The van der Waals surface area contributed by atoms with Crippen LogP contribution < -0.4 is 5.32 Å². The third-order valence-electron chi connectivity index (χ3n) is 3.38. The van der Waals surface area contributed by atoms with Crippen LogP contribution in [-0.4, -0.2) is 30.1 Å². The number of nitrogens with zero attached hydrogens (tertiary/aromatic N) is 1. The largest absolute Gasteiger partial charge is 0.314 e. The lowest BCUT2D eigenvalue weighted by Crippen LogP contribution is -2.57. The van der Waals surface area contributed by atoms with E-state index in [1.54, 1.807) is 0 Å². The van der Waals surface area contributed by atoms with Crippen molar-refractivity contribution in [3.63, 3.8) is 0 Å². The molecule has 17 heavy (non-hydrogen) atoms. The fraction of sp³-hybridized carbons (Fsp3) is 0.538. The fourth-order valence-corrected chi connectivity index (χ4v) is 2.71. The molecule has 2 nitrogen and oxygen atoms in total. The molecule has 0 spiro atoms. The molecule has 0 amide bonds. The van der Waals surface area contributed by atoms with E-state index in [4.69, 9.17) is 23.2 Å². The molecule has 0 saturated carbocycles. The predicted molar refractivity (Wildman–Crippen MR) is 73.8 cm³/mol. The van der Waals surface area contributed by atoms with Crippen molar-refractivity contribution in [2.45, 2.75) is 25.9 Å². The van der Waals surface area contributed by atoms with Gasteiger partial charge in [0.25, 0.3) is 0 Å². The first kappa shape index (κ1) is 13.2. The van der Waals surface area contributed by atoms with Gasteiger partial charge in [0.2, 0.25) is 0 Å². The second-order valence-corrected chi connectivity index (χ2v) is 5.93. The first-order chi connectivity index (χ1) is 8.00. The summed E-state index contributed by atoms with van der Waals surface area (Å²) in [5.74, 6) is 0. The normalized spacial score (nSPS) is 20.5. The quantitative estimate of drug-likeness (QED) is 0.890. The van der Waals surface area contributed by atoms with E-state index < -0.39 is 0 Å². The van der Waals surface area contributed by atoms with Crippen molar-refractivity contribution in [3.8, 4) is 0 Å². The highest BCUT2D eigenvalue weighted by Crippen LogP contribution is 2.28. The van der Waals surface area contributed by atoms with Gasteiger partial charge in [0.15, 0.2) is 0 Å². The van der Waals surface area contributed by atoms with Crippen molar-refractivity contribution in [1.82, 2.24) is 10.2 Å². The number of benzene rings is 1. The molecule has 1 aromatic rings. The molecule has 1 saturated heterocycles. The first-order valence-electron chi connectivity index (χ1n) is 5.89. The van der Waals surface area contributed by atoms with Crippen LogP contribution in [0.1, 0.15) is 19.4 Å². The number of halogens is 2. The highest BCUT2D eigenvalue weighted by molar-refractivity contribution is 6.35. The SMILES string of the molecule is CC1(C)CNCCN1Cc1c(Cl)cccc1Cl. The average Bonchev–Trinajstić information content (AvgIpc) is 2.25. The van der Waals surface area contributed by atoms with Gasteiger partial charge < -0.3 is 5.32 Å². The summed E-state index contributed by atoms with van der Waals surface area (Å²) >= 11 is 12.4. The molecule has 1 aliphatic heterocycles. The average molecular weight is 273 g/mol. The molecule has 1 heterocycles. The Morgan fingerprint density at radius 2 is 1.94 bits per heavy atom. The Hall–Kier alpha value is -0.280. The zero-order chi connectivity index (χ0) is 12.5. The van der Waals surface area contributed by atoms with Crippen LogP contribution >= 0.6 is 23.2 Å². The summed E-state index contributed by atoms with van der Waals surface area (Å²) < 4.78 is 0. The summed E-state index contributed by atoms with van der Waals surface area (Å²) in [4.78, 5) is 2.43. The van der Waals surface area contributed by atoms with Crippen LogP contribution in [0.2, 0.25) is 10.0 Å². The molecule has 1 aliphatic rings. The highest BCUT2D eigenvalue weighted by atomic mass is 35.5. The van der Waals surface area contributed by atoms with Crippen LogP contribution in [-0.2, 0) is 6.54 Å². The molecule has 0 aromatic heterocycles. The second-order valence-electron chi connectivity index (χ2n) is 5.11. The number of nitrogens with one attached hydrogen (secondary N) is 1. The molecule has 0 aliphatic carbocycles. The Kier molecular flexibility index (Phi) is 3.99. The molecule has 0 unspecified atom stereocenters. The van der Waals surface area contributed by atoms with Gasteiger partial charge in [0.1, 0.15) is 0 Å². The van der Waals surface area contributed by atoms with Crippen molar-refractivity contribution in [1.29, 1.82) is 0 Å². The standard InChI is InChI=1S/C13H18Cl2N2/c1-13(2)9-16-6-7-17(13)8-10-11(14)4-3-5-12(10)15/h3-5,16H,6-9H2,1-2H3. The molecule has 1 fully saturated rings. The van der Waals surface area contributed by atoms with Gasteiger partial charge in [-0.1, -0.05) is 29.3 Å². The van der Waals surface area contributed by atoms with Gasteiger partial charge in [-0.3, -0.25) is 4.90 Å². The molecule has 4 heteroatoms. The number of hydrogen-bond acceptors (Lipinski definition) is 2. The lowest BCUT2D eigenvalue weighted by atomic mass is 9.99. The van der Waals surface area contributed by atoms with Crippen LogP contribution in [0.15, 0.2) is 18.2 Å². The lowest BCUT2D eigenvalue weighted by molar-refractivity contribution is 0.0828. The van der Waals surface area contributed by atoms with E-state index in [1.807, 2.05) is 18.2 Å². The molecule has 94 valence electrons. The van der Waals surface area contributed by atoms with Crippen LogP contribution in [0.5, 0.6) is 0 Å². The van der Waals surface area contributed by atoms with Gasteiger partial charge in [0, 0.05) is 47.3 Å². The summed E-state index contributed by atoms with van der Waals surface area (Å²) in [6, 6.07) is 5.69. The maximum atomic E-state index is 6.22. The fourth-order valence-electron chi connectivity index (χ4n) is 2.19.